The van der Waals surface area contributed by atoms with Crippen LogP contribution in [0.5, 0.6) is 0 Å². The lowest BCUT2D eigenvalue weighted by atomic mass is 9.89. The van der Waals surface area contributed by atoms with E-state index in [4.69, 9.17) is 5.73 Å². The van der Waals surface area contributed by atoms with E-state index in [-0.39, 0.29) is 0 Å². The number of aryl methyl sites for hydroxylation is 1. The van der Waals surface area contributed by atoms with Crippen LogP contribution in [0.25, 0.3) is 11.0 Å². The molecule has 5 N–H and O–H groups in total. The second-order valence-electron chi connectivity index (χ2n) is 8.51. The first-order chi connectivity index (χ1) is 15.9. The largest absolute Gasteiger partial charge is 0.388 e. The number of nitrogen functional groups attached to an aromatic ring is 1. The van der Waals surface area contributed by atoms with Crippen molar-refractivity contribution in [1.29, 1.82) is 0 Å². The molecule has 2 aliphatic rings. The van der Waals surface area contributed by atoms with Gasteiger partial charge in [-0.1, -0.05) is 6.08 Å². The van der Waals surface area contributed by atoms with Crippen molar-refractivity contribution in [3.63, 3.8) is 0 Å². The van der Waals surface area contributed by atoms with E-state index in [2.05, 4.69) is 15.3 Å². The van der Waals surface area contributed by atoms with Gasteiger partial charge in [0.25, 0.3) is 6.43 Å². The molecule has 0 bridgehead atoms. The number of rotatable bonds is 5. The summed E-state index contributed by atoms with van der Waals surface area (Å²) in [5.41, 5.74) is 8.12. The number of anilines is 1. The van der Waals surface area contributed by atoms with Gasteiger partial charge in [0.1, 0.15) is 35.8 Å². The SMILES string of the molecule is Nc1ncnc2c1ccn2C1C=C(CCc2cc(C(F)F)c(F)c3c2CNCC3)C(O)[C@@H]1O. The molecule has 33 heavy (non-hydrogen) atoms. The Morgan fingerprint density at radius 1 is 1.21 bits per heavy atom. The standard InChI is InChI=1S/C23H24F3N5O2/c24-18-13-3-5-28-9-16(13)11(7-15(18)21(25)26)1-2-12-8-17(20(33)19(12)32)31-6-4-14-22(27)29-10-30-23(14)31/h4,6-8,10,17,19-21,28,32-33H,1-3,5,9H2,(H2,27,29,30)/t17?,19?,20-/m1/s1. The maximum atomic E-state index is 14.6. The summed E-state index contributed by atoms with van der Waals surface area (Å²) in [5, 5.41) is 25.2. The number of aromatic nitrogens is 3. The van der Waals surface area contributed by atoms with Crippen molar-refractivity contribution in [3.05, 3.63) is 64.4 Å². The lowest BCUT2D eigenvalue weighted by Gasteiger charge is -2.23. The van der Waals surface area contributed by atoms with Gasteiger partial charge < -0.3 is 25.8 Å². The van der Waals surface area contributed by atoms with Crippen molar-refractivity contribution in [2.45, 2.75) is 50.5 Å². The molecular formula is C23H24F3N5O2. The van der Waals surface area contributed by atoms with E-state index in [9.17, 15) is 23.4 Å². The summed E-state index contributed by atoms with van der Waals surface area (Å²) in [7, 11) is 0. The van der Waals surface area contributed by atoms with Crippen LogP contribution in [0.4, 0.5) is 19.0 Å². The summed E-state index contributed by atoms with van der Waals surface area (Å²) in [6.07, 6.45) is 0.752. The van der Waals surface area contributed by atoms with Crippen LogP contribution < -0.4 is 11.1 Å². The summed E-state index contributed by atoms with van der Waals surface area (Å²) in [6, 6.07) is 2.42. The molecular weight excluding hydrogens is 435 g/mol. The molecule has 2 aromatic heterocycles. The number of hydrogen-bond donors (Lipinski definition) is 4. The van der Waals surface area contributed by atoms with Crippen LogP contribution in [0.15, 0.2) is 36.3 Å². The number of aliphatic hydroxyl groups excluding tert-OH is 2. The number of hydrogen-bond acceptors (Lipinski definition) is 6. The molecule has 0 fully saturated rings. The van der Waals surface area contributed by atoms with E-state index in [1.807, 2.05) is 0 Å². The minimum absolute atomic E-state index is 0.320. The second kappa shape index (κ2) is 8.44. The molecule has 3 heterocycles. The molecule has 2 unspecified atom stereocenters. The van der Waals surface area contributed by atoms with Crippen LogP contribution in [-0.4, -0.2) is 43.5 Å². The van der Waals surface area contributed by atoms with Gasteiger partial charge in [0, 0.05) is 12.7 Å². The van der Waals surface area contributed by atoms with Gasteiger partial charge in [-0.05, 0) is 60.2 Å². The highest BCUT2D eigenvalue weighted by Crippen LogP contribution is 2.36. The Labute approximate surface area is 187 Å². The molecule has 1 aromatic carbocycles. The average Bonchev–Trinajstić information content (AvgIpc) is 3.35. The third kappa shape index (κ3) is 3.68. The van der Waals surface area contributed by atoms with Crippen molar-refractivity contribution in [2.75, 3.05) is 12.3 Å². The quantitative estimate of drug-likeness (QED) is 0.437. The Morgan fingerprint density at radius 2 is 2.03 bits per heavy atom. The molecule has 1 aliphatic carbocycles. The molecule has 3 aromatic rings. The van der Waals surface area contributed by atoms with E-state index in [0.717, 1.165) is 0 Å². The Balaban J connectivity index is 1.44. The fourth-order valence-electron chi connectivity index (χ4n) is 4.94. The first-order valence-electron chi connectivity index (χ1n) is 10.8. The van der Waals surface area contributed by atoms with Crippen LogP contribution in [0.3, 0.4) is 0 Å². The van der Waals surface area contributed by atoms with E-state index in [1.54, 1.807) is 22.9 Å². The number of nitrogens with one attached hydrogen (secondary N) is 1. The number of alkyl halides is 2. The van der Waals surface area contributed by atoms with Crippen LogP contribution in [0.2, 0.25) is 0 Å². The Kier molecular flexibility index (Phi) is 5.59. The normalized spacial score (nSPS) is 22.7. The van der Waals surface area contributed by atoms with Crippen molar-refractivity contribution in [3.8, 4) is 0 Å². The smallest absolute Gasteiger partial charge is 0.266 e. The molecule has 0 saturated carbocycles. The number of aliphatic hydroxyl groups is 2. The van der Waals surface area contributed by atoms with E-state index in [0.29, 0.717) is 71.5 Å². The minimum atomic E-state index is -2.90. The Bertz CT molecular complexity index is 1240. The van der Waals surface area contributed by atoms with Crippen molar-refractivity contribution in [1.82, 2.24) is 19.9 Å². The van der Waals surface area contributed by atoms with E-state index >= 15 is 0 Å². The number of nitrogens with two attached hydrogens (primary N) is 1. The maximum Gasteiger partial charge on any atom is 0.266 e. The molecule has 0 saturated heterocycles. The maximum absolute atomic E-state index is 14.6. The van der Waals surface area contributed by atoms with Gasteiger partial charge in [0.2, 0.25) is 0 Å². The monoisotopic (exact) mass is 459 g/mol. The molecule has 0 radical (unpaired) electrons. The predicted octanol–water partition coefficient (Wildman–Crippen LogP) is 2.57. The lowest BCUT2D eigenvalue weighted by Crippen LogP contribution is -2.29. The number of nitrogens with zero attached hydrogens (tertiary/aromatic N) is 3. The van der Waals surface area contributed by atoms with E-state index < -0.39 is 36.1 Å². The first kappa shape index (κ1) is 21.9. The summed E-state index contributed by atoms with van der Waals surface area (Å²) in [4.78, 5) is 8.20. The third-order valence-corrected chi connectivity index (χ3v) is 6.67. The minimum Gasteiger partial charge on any atom is -0.388 e. The summed E-state index contributed by atoms with van der Waals surface area (Å²) >= 11 is 0. The molecule has 0 spiro atoms. The van der Waals surface area contributed by atoms with E-state index in [1.165, 1.54) is 12.4 Å². The molecule has 3 atom stereocenters. The van der Waals surface area contributed by atoms with Gasteiger partial charge in [-0.2, -0.15) is 0 Å². The van der Waals surface area contributed by atoms with Crippen molar-refractivity contribution in [2.24, 2.45) is 0 Å². The Morgan fingerprint density at radius 3 is 2.82 bits per heavy atom. The van der Waals surface area contributed by atoms with Crippen LogP contribution >= 0.6 is 0 Å². The fraction of sp³-hybridized carbons (Fsp3) is 0.391. The van der Waals surface area contributed by atoms with Gasteiger partial charge in [-0.3, -0.25) is 0 Å². The molecule has 10 heteroatoms. The summed E-state index contributed by atoms with van der Waals surface area (Å²) in [5.74, 6) is -0.498. The zero-order valence-electron chi connectivity index (χ0n) is 17.7. The number of fused-ring (bicyclic) bond motifs is 2. The number of halogens is 3. The highest BCUT2D eigenvalue weighted by atomic mass is 19.3. The zero-order valence-corrected chi connectivity index (χ0v) is 17.7. The highest BCUT2D eigenvalue weighted by molar-refractivity contribution is 5.86. The topological polar surface area (TPSA) is 109 Å². The van der Waals surface area contributed by atoms with Gasteiger partial charge >= 0.3 is 0 Å². The van der Waals surface area contributed by atoms with Crippen LogP contribution in [0.1, 0.15) is 41.1 Å². The average molecular weight is 459 g/mol. The van der Waals surface area contributed by atoms with Gasteiger partial charge in [-0.25, -0.2) is 23.1 Å². The summed E-state index contributed by atoms with van der Waals surface area (Å²) < 4.78 is 43.2. The Hall–Kier alpha value is -2.95. The van der Waals surface area contributed by atoms with Gasteiger partial charge in [0.05, 0.1) is 17.0 Å². The lowest BCUT2D eigenvalue weighted by molar-refractivity contribution is 0.0317. The molecule has 5 rings (SSSR count). The first-order valence-corrected chi connectivity index (χ1v) is 10.8. The molecule has 174 valence electrons. The fourth-order valence-corrected chi connectivity index (χ4v) is 4.94. The number of benzene rings is 1. The second-order valence-corrected chi connectivity index (χ2v) is 8.51. The van der Waals surface area contributed by atoms with Crippen LogP contribution in [-0.2, 0) is 19.4 Å². The van der Waals surface area contributed by atoms with Gasteiger partial charge in [-0.15, -0.1) is 0 Å². The van der Waals surface area contributed by atoms with Crippen molar-refractivity contribution < 1.29 is 23.4 Å². The molecule has 1 aliphatic heterocycles. The van der Waals surface area contributed by atoms with Crippen LogP contribution in [0, 0.1) is 5.82 Å². The van der Waals surface area contributed by atoms with Gasteiger partial charge in [0.15, 0.2) is 0 Å². The highest BCUT2D eigenvalue weighted by Gasteiger charge is 2.36. The predicted molar refractivity (Wildman–Crippen MR) is 116 cm³/mol. The zero-order chi connectivity index (χ0) is 23.3. The molecule has 0 amide bonds. The molecule has 7 nitrogen and oxygen atoms in total. The summed E-state index contributed by atoms with van der Waals surface area (Å²) in [6.45, 7) is 0.946. The third-order valence-electron chi connectivity index (χ3n) is 6.67. The van der Waals surface area contributed by atoms with Crippen molar-refractivity contribution >= 4 is 16.9 Å².